The summed E-state index contributed by atoms with van der Waals surface area (Å²) in [5.74, 6) is 1.06. The van der Waals surface area contributed by atoms with E-state index in [1.165, 1.54) is 17.5 Å². The lowest BCUT2D eigenvalue weighted by Crippen LogP contribution is -2.48. The topological polar surface area (TPSA) is 41.6 Å². The van der Waals surface area contributed by atoms with E-state index in [0.29, 0.717) is 13.2 Å². The normalized spacial score (nSPS) is 18.3. The van der Waals surface area contributed by atoms with E-state index < -0.39 is 0 Å². The lowest BCUT2D eigenvalue weighted by Gasteiger charge is -2.27. The third-order valence-electron chi connectivity index (χ3n) is 3.88. The van der Waals surface area contributed by atoms with Gasteiger partial charge in [-0.1, -0.05) is 12.5 Å². The summed E-state index contributed by atoms with van der Waals surface area (Å²) in [6, 6.07) is 6.16. The number of hydrogen-bond acceptors (Lipinski definition) is 3. The number of aryl methyl sites for hydroxylation is 2. The molecular weight excluding hydrogens is 264 g/mol. The number of likely N-dealkylation sites (N-methyl/N-ethyl adjacent to an activating group) is 1. The summed E-state index contributed by atoms with van der Waals surface area (Å²) in [7, 11) is 1.85. The highest BCUT2D eigenvalue weighted by atomic mass is 16.5. The largest absolute Gasteiger partial charge is 0.492 e. The SMILES string of the molecule is Cc1cc(C)cc(OCCN(C)C(=O)[C@H]2CCCCN2)c1. The first-order valence-corrected chi connectivity index (χ1v) is 7.76. The van der Waals surface area contributed by atoms with Crippen LogP contribution in [0.3, 0.4) is 0 Å². The fourth-order valence-electron chi connectivity index (χ4n) is 2.76. The Balaban J connectivity index is 1.78. The van der Waals surface area contributed by atoms with Crippen molar-refractivity contribution in [2.24, 2.45) is 0 Å². The molecule has 116 valence electrons. The van der Waals surface area contributed by atoms with Crippen LogP contribution in [0.25, 0.3) is 0 Å². The second-order valence-electron chi connectivity index (χ2n) is 5.93. The minimum Gasteiger partial charge on any atom is -0.492 e. The van der Waals surface area contributed by atoms with E-state index in [-0.39, 0.29) is 11.9 Å². The fourth-order valence-corrected chi connectivity index (χ4v) is 2.76. The van der Waals surface area contributed by atoms with Gasteiger partial charge < -0.3 is 15.0 Å². The predicted molar refractivity (Wildman–Crippen MR) is 84.7 cm³/mol. The Bertz CT molecular complexity index is 461. The van der Waals surface area contributed by atoms with Crippen molar-refractivity contribution in [2.45, 2.75) is 39.2 Å². The highest BCUT2D eigenvalue weighted by Crippen LogP contribution is 2.16. The molecule has 21 heavy (non-hydrogen) atoms. The maximum absolute atomic E-state index is 12.3. The Kier molecular flexibility index (Phi) is 5.62. The van der Waals surface area contributed by atoms with Gasteiger partial charge in [-0.05, 0) is 56.5 Å². The average molecular weight is 290 g/mol. The molecule has 1 saturated heterocycles. The number of rotatable bonds is 5. The average Bonchev–Trinajstić information content (AvgIpc) is 2.46. The molecule has 0 saturated carbocycles. The van der Waals surface area contributed by atoms with E-state index in [1.54, 1.807) is 4.90 Å². The van der Waals surface area contributed by atoms with Crippen LogP contribution in [-0.2, 0) is 4.79 Å². The van der Waals surface area contributed by atoms with Gasteiger partial charge in [0, 0.05) is 7.05 Å². The number of nitrogens with zero attached hydrogens (tertiary/aromatic N) is 1. The summed E-state index contributed by atoms with van der Waals surface area (Å²) in [5, 5.41) is 3.29. The van der Waals surface area contributed by atoms with Crippen molar-refractivity contribution in [3.8, 4) is 5.75 Å². The van der Waals surface area contributed by atoms with Crippen molar-refractivity contribution in [3.63, 3.8) is 0 Å². The lowest BCUT2D eigenvalue weighted by molar-refractivity contribution is -0.133. The summed E-state index contributed by atoms with van der Waals surface area (Å²) in [5.41, 5.74) is 2.39. The summed E-state index contributed by atoms with van der Waals surface area (Å²) < 4.78 is 5.76. The first kappa shape index (κ1) is 15.8. The van der Waals surface area contributed by atoms with Crippen molar-refractivity contribution >= 4 is 5.91 Å². The van der Waals surface area contributed by atoms with Gasteiger partial charge in [0.1, 0.15) is 12.4 Å². The van der Waals surface area contributed by atoms with Gasteiger partial charge in [0.2, 0.25) is 5.91 Å². The number of piperidine rings is 1. The van der Waals surface area contributed by atoms with Gasteiger partial charge in [0.15, 0.2) is 0 Å². The molecule has 1 amide bonds. The van der Waals surface area contributed by atoms with Crippen LogP contribution >= 0.6 is 0 Å². The molecule has 0 unspecified atom stereocenters. The minimum atomic E-state index is -0.00929. The summed E-state index contributed by atoms with van der Waals surface area (Å²) >= 11 is 0. The molecular formula is C17H26N2O2. The number of ether oxygens (including phenoxy) is 1. The molecule has 0 bridgehead atoms. The van der Waals surface area contributed by atoms with Crippen LogP contribution in [0.15, 0.2) is 18.2 Å². The third-order valence-corrected chi connectivity index (χ3v) is 3.88. The van der Waals surface area contributed by atoms with E-state index >= 15 is 0 Å². The van der Waals surface area contributed by atoms with Crippen LogP contribution in [0.4, 0.5) is 0 Å². The van der Waals surface area contributed by atoms with Crippen molar-refractivity contribution < 1.29 is 9.53 Å². The van der Waals surface area contributed by atoms with E-state index in [0.717, 1.165) is 25.1 Å². The number of carbonyl (C=O) groups excluding carboxylic acids is 1. The number of amides is 1. The Hall–Kier alpha value is -1.55. The first-order chi connectivity index (χ1) is 10.1. The molecule has 2 rings (SSSR count). The second kappa shape index (κ2) is 7.46. The Morgan fingerprint density at radius 3 is 2.62 bits per heavy atom. The molecule has 0 aliphatic carbocycles. The van der Waals surface area contributed by atoms with Crippen LogP contribution in [0.5, 0.6) is 5.75 Å². The zero-order valence-electron chi connectivity index (χ0n) is 13.3. The van der Waals surface area contributed by atoms with Gasteiger partial charge in [0.05, 0.1) is 12.6 Å². The molecule has 1 aliphatic heterocycles. The van der Waals surface area contributed by atoms with Gasteiger partial charge in [-0.15, -0.1) is 0 Å². The summed E-state index contributed by atoms with van der Waals surface area (Å²) in [6.07, 6.45) is 3.25. The number of hydrogen-bond donors (Lipinski definition) is 1. The molecule has 1 aromatic rings. The maximum atomic E-state index is 12.3. The molecule has 0 radical (unpaired) electrons. The monoisotopic (exact) mass is 290 g/mol. The molecule has 1 atom stereocenters. The molecule has 1 aromatic carbocycles. The van der Waals surface area contributed by atoms with Crippen LogP contribution < -0.4 is 10.1 Å². The van der Waals surface area contributed by atoms with Crippen LogP contribution in [0, 0.1) is 13.8 Å². The van der Waals surface area contributed by atoms with Crippen molar-refractivity contribution in [1.82, 2.24) is 10.2 Å². The maximum Gasteiger partial charge on any atom is 0.239 e. The molecule has 1 aliphatic rings. The standard InChI is InChI=1S/C17H26N2O2/c1-13-10-14(2)12-15(11-13)21-9-8-19(3)17(20)16-6-4-5-7-18-16/h10-12,16,18H,4-9H2,1-3H3/t16-/m1/s1. The molecule has 1 fully saturated rings. The predicted octanol–water partition coefficient (Wildman–Crippen LogP) is 2.28. The first-order valence-electron chi connectivity index (χ1n) is 7.76. The van der Waals surface area contributed by atoms with Crippen molar-refractivity contribution in [2.75, 3.05) is 26.7 Å². The number of benzene rings is 1. The minimum absolute atomic E-state index is 0.00929. The Labute approximate surface area is 127 Å². The fraction of sp³-hybridized carbons (Fsp3) is 0.588. The van der Waals surface area contributed by atoms with E-state index in [9.17, 15) is 4.79 Å². The molecule has 1 N–H and O–H groups in total. The van der Waals surface area contributed by atoms with E-state index in [4.69, 9.17) is 4.74 Å². The quantitative estimate of drug-likeness (QED) is 0.904. The highest BCUT2D eigenvalue weighted by molar-refractivity contribution is 5.81. The summed E-state index contributed by atoms with van der Waals surface area (Å²) in [4.78, 5) is 14.0. The number of nitrogens with one attached hydrogen (secondary N) is 1. The van der Waals surface area contributed by atoms with E-state index in [2.05, 4.69) is 25.2 Å². The van der Waals surface area contributed by atoms with Gasteiger partial charge in [-0.3, -0.25) is 4.79 Å². The smallest absolute Gasteiger partial charge is 0.239 e. The van der Waals surface area contributed by atoms with E-state index in [1.807, 2.05) is 19.2 Å². The summed E-state index contributed by atoms with van der Waals surface area (Å²) in [6.45, 7) is 6.21. The van der Waals surface area contributed by atoms with Gasteiger partial charge in [-0.25, -0.2) is 0 Å². The van der Waals surface area contributed by atoms with Crippen LogP contribution in [0.1, 0.15) is 30.4 Å². The molecule has 4 nitrogen and oxygen atoms in total. The molecule has 0 aromatic heterocycles. The molecule has 1 heterocycles. The van der Waals surface area contributed by atoms with Gasteiger partial charge >= 0.3 is 0 Å². The third kappa shape index (κ3) is 4.74. The Morgan fingerprint density at radius 2 is 2.00 bits per heavy atom. The zero-order valence-corrected chi connectivity index (χ0v) is 13.3. The van der Waals surface area contributed by atoms with Crippen molar-refractivity contribution in [1.29, 1.82) is 0 Å². The lowest BCUT2D eigenvalue weighted by atomic mass is 10.0. The van der Waals surface area contributed by atoms with Gasteiger partial charge in [0.25, 0.3) is 0 Å². The van der Waals surface area contributed by atoms with Crippen LogP contribution in [-0.4, -0.2) is 43.6 Å². The van der Waals surface area contributed by atoms with Crippen LogP contribution in [0.2, 0.25) is 0 Å². The highest BCUT2D eigenvalue weighted by Gasteiger charge is 2.23. The molecule has 4 heteroatoms. The Morgan fingerprint density at radius 1 is 1.29 bits per heavy atom. The van der Waals surface area contributed by atoms with Crippen molar-refractivity contribution in [3.05, 3.63) is 29.3 Å². The second-order valence-corrected chi connectivity index (χ2v) is 5.93. The van der Waals surface area contributed by atoms with Gasteiger partial charge in [-0.2, -0.15) is 0 Å². The number of carbonyl (C=O) groups is 1. The zero-order chi connectivity index (χ0) is 15.2. The molecule has 0 spiro atoms.